The number of allylic oxidation sites excluding steroid dienone is 1. The van der Waals surface area contributed by atoms with Crippen LogP contribution in [0.2, 0.25) is 0 Å². The Kier molecular flexibility index (Phi) is 3.28. The van der Waals surface area contributed by atoms with Gasteiger partial charge in [0.05, 0.1) is 5.69 Å². The number of aromatic nitrogens is 1. The molecule has 1 heterocycles. The summed E-state index contributed by atoms with van der Waals surface area (Å²) in [5.41, 5.74) is 5.95. The monoisotopic (exact) mass is 281 g/mol. The third-order valence-corrected chi connectivity index (χ3v) is 4.12. The van der Waals surface area contributed by atoms with Gasteiger partial charge in [0, 0.05) is 17.6 Å². The van der Waals surface area contributed by atoms with E-state index in [4.69, 9.17) is 4.52 Å². The zero-order chi connectivity index (χ0) is 15.1. The molecule has 0 saturated carbocycles. The van der Waals surface area contributed by atoms with Gasteiger partial charge in [0.2, 0.25) is 0 Å². The lowest BCUT2D eigenvalue weighted by atomic mass is 9.96. The lowest BCUT2D eigenvalue weighted by Crippen LogP contribution is -1.94. The first-order valence-electron chi connectivity index (χ1n) is 7.28. The van der Waals surface area contributed by atoms with E-state index in [9.17, 15) is 4.79 Å². The Morgan fingerprint density at radius 2 is 2.05 bits per heavy atom. The highest BCUT2D eigenvalue weighted by Gasteiger charge is 2.25. The van der Waals surface area contributed by atoms with E-state index in [-0.39, 0.29) is 5.78 Å². The van der Waals surface area contributed by atoms with E-state index in [1.807, 2.05) is 19.9 Å². The van der Waals surface area contributed by atoms with Crippen LogP contribution in [0.15, 0.2) is 22.7 Å². The van der Waals surface area contributed by atoms with Crippen LogP contribution in [0.1, 0.15) is 53.5 Å². The number of hydrogen-bond acceptors (Lipinski definition) is 3. The molecule has 3 heteroatoms. The van der Waals surface area contributed by atoms with Crippen LogP contribution in [0.4, 0.5) is 0 Å². The third-order valence-electron chi connectivity index (χ3n) is 4.12. The molecule has 0 bridgehead atoms. The first-order valence-corrected chi connectivity index (χ1v) is 7.28. The minimum absolute atomic E-state index is 0.172. The van der Waals surface area contributed by atoms with Gasteiger partial charge < -0.3 is 4.52 Å². The van der Waals surface area contributed by atoms with Crippen LogP contribution < -0.4 is 0 Å². The highest BCUT2D eigenvalue weighted by molar-refractivity contribution is 6.29. The van der Waals surface area contributed by atoms with Crippen molar-refractivity contribution < 1.29 is 9.32 Å². The van der Waals surface area contributed by atoms with Gasteiger partial charge in [-0.2, -0.15) is 0 Å². The topological polar surface area (TPSA) is 43.1 Å². The molecule has 0 atom stereocenters. The molecule has 0 amide bonds. The largest absolute Gasteiger partial charge is 0.361 e. The fourth-order valence-electron chi connectivity index (χ4n) is 2.78. The van der Waals surface area contributed by atoms with E-state index in [1.165, 1.54) is 5.56 Å². The minimum atomic E-state index is 0.172. The predicted octanol–water partition coefficient (Wildman–Crippen LogP) is 4.08. The Labute approximate surface area is 124 Å². The van der Waals surface area contributed by atoms with Crippen LogP contribution in [-0.4, -0.2) is 10.9 Å². The van der Waals surface area contributed by atoms with Crippen molar-refractivity contribution in [2.75, 3.05) is 0 Å². The SMILES string of the molecule is Cc1noc(C)c1/C=C1\C(=O)Cc2ccc(C(C)C)cc21. The van der Waals surface area contributed by atoms with Crippen LogP contribution in [0.5, 0.6) is 0 Å². The minimum Gasteiger partial charge on any atom is -0.361 e. The lowest BCUT2D eigenvalue weighted by Gasteiger charge is -2.08. The molecule has 0 saturated heterocycles. The highest BCUT2D eigenvalue weighted by Crippen LogP contribution is 2.34. The summed E-state index contributed by atoms with van der Waals surface area (Å²) < 4.78 is 5.18. The number of carbonyl (C=O) groups excluding carboxylic acids is 1. The van der Waals surface area contributed by atoms with Gasteiger partial charge >= 0.3 is 0 Å². The van der Waals surface area contributed by atoms with Crippen molar-refractivity contribution in [3.05, 3.63) is 51.9 Å². The summed E-state index contributed by atoms with van der Waals surface area (Å²) >= 11 is 0. The van der Waals surface area contributed by atoms with E-state index in [1.54, 1.807) is 0 Å². The standard InChI is InChI=1S/C18H19NO2/c1-10(2)13-5-6-14-8-18(20)17(16(14)7-13)9-15-11(3)19-21-12(15)4/h5-7,9-10H,8H2,1-4H3/b17-9-. The first kappa shape index (κ1) is 13.8. The average Bonchev–Trinajstić information content (AvgIpc) is 2.92. The number of fused-ring (bicyclic) bond motifs is 1. The van der Waals surface area contributed by atoms with Crippen LogP contribution >= 0.6 is 0 Å². The second-order valence-corrected chi connectivity index (χ2v) is 5.97. The summed E-state index contributed by atoms with van der Waals surface area (Å²) in [5, 5.41) is 3.95. The quantitative estimate of drug-likeness (QED) is 0.779. The lowest BCUT2D eigenvalue weighted by molar-refractivity contribution is -0.112. The smallest absolute Gasteiger partial charge is 0.167 e. The molecule has 1 aromatic carbocycles. The number of aryl methyl sites for hydroxylation is 2. The number of carbonyl (C=O) groups is 1. The van der Waals surface area contributed by atoms with Gasteiger partial charge in [-0.05, 0) is 42.5 Å². The van der Waals surface area contributed by atoms with E-state index < -0.39 is 0 Å². The summed E-state index contributed by atoms with van der Waals surface area (Å²) in [7, 11) is 0. The average molecular weight is 281 g/mol. The third kappa shape index (κ3) is 2.33. The molecule has 0 aliphatic heterocycles. The van der Waals surface area contributed by atoms with E-state index >= 15 is 0 Å². The Morgan fingerprint density at radius 3 is 2.67 bits per heavy atom. The van der Waals surface area contributed by atoms with Crippen LogP contribution in [0.3, 0.4) is 0 Å². The van der Waals surface area contributed by atoms with Gasteiger partial charge in [0.15, 0.2) is 5.78 Å². The van der Waals surface area contributed by atoms with Crippen LogP contribution in [0.25, 0.3) is 11.6 Å². The van der Waals surface area contributed by atoms with Crippen molar-refractivity contribution in [1.29, 1.82) is 0 Å². The van der Waals surface area contributed by atoms with E-state index in [2.05, 4.69) is 37.2 Å². The Morgan fingerprint density at radius 1 is 1.29 bits per heavy atom. The molecule has 1 aromatic heterocycles. The van der Waals surface area contributed by atoms with E-state index in [0.717, 1.165) is 33.7 Å². The number of ketones is 1. The van der Waals surface area contributed by atoms with Gasteiger partial charge in [-0.15, -0.1) is 0 Å². The normalized spacial score (nSPS) is 16.0. The van der Waals surface area contributed by atoms with Crippen molar-refractivity contribution in [2.45, 2.75) is 40.0 Å². The maximum atomic E-state index is 12.3. The van der Waals surface area contributed by atoms with Crippen molar-refractivity contribution in [3.8, 4) is 0 Å². The summed E-state index contributed by atoms with van der Waals surface area (Å²) in [6.45, 7) is 8.09. The maximum Gasteiger partial charge on any atom is 0.167 e. The van der Waals surface area contributed by atoms with Crippen LogP contribution in [0, 0.1) is 13.8 Å². The molecule has 0 spiro atoms. The van der Waals surface area contributed by atoms with Crippen LogP contribution in [-0.2, 0) is 11.2 Å². The summed E-state index contributed by atoms with van der Waals surface area (Å²) in [6, 6.07) is 6.35. The molecule has 0 radical (unpaired) electrons. The maximum absolute atomic E-state index is 12.3. The van der Waals surface area contributed by atoms with Gasteiger partial charge in [0.25, 0.3) is 0 Å². The molecule has 0 fully saturated rings. The molecule has 1 aliphatic rings. The number of hydrogen-bond donors (Lipinski definition) is 0. The predicted molar refractivity (Wildman–Crippen MR) is 83.1 cm³/mol. The second kappa shape index (κ2) is 4.99. The zero-order valence-corrected chi connectivity index (χ0v) is 12.9. The molecule has 3 rings (SSSR count). The zero-order valence-electron chi connectivity index (χ0n) is 12.9. The van der Waals surface area contributed by atoms with Gasteiger partial charge in [-0.3, -0.25) is 4.79 Å². The van der Waals surface area contributed by atoms with Crippen molar-refractivity contribution in [3.63, 3.8) is 0 Å². The molecular weight excluding hydrogens is 262 g/mol. The fourth-order valence-corrected chi connectivity index (χ4v) is 2.78. The Balaban J connectivity index is 2.14. The number of benzene rings is 1. The summed E-state index contributed by atoms with van der Waals surface area (Å²) in [5.74, 6) is 1.37. The molecule has 1 aliphatic carbocycles. The first-order chi connectivity index (χ1) is 9.97. The molecule has 21 heavy (non-hydrogen) atoms. The van der Waals surface area contributed by atoms with Gasteiger partial charge in [0.1, 0.15) is 5.76 Å². The molecular formula is C18H19NO2. The molecule has 0 N–H and O–H groups in total. The number of nitrogens with zero attached hydrogens (tertiary/aromatic N) is 1. The fraction of sp³-hybridized carbons (Fsp3) is 0.333. The van der Waals surface area contributed by atoms with Gasteiger partial charge in [-0.1, -0.05) is 37.2 Å². The molecule has 108 valence electrons. The summed E-state index contributed by atoms with van der Waals surface area (Å²) in [6.07, 6.45) is 2.42. The Bertz CT molecular complexity index is 731. The van der Waals surface area contributed by atoms with Crippen molar-refractivity contribution in [2.24, 2.45) is 0 Å². The number of Topliss-reactive ketones (excluding diaryl/α,β-unsaturated/α-hetero) is 1. The molecule has 2 aromatic rings. The van der Waals surface area contributed by atoms with Gasteiger partial charge in [-0.25, -0.2) is 0 Å². The molecule has 3 nitrogen and oxygen atoms in total. The number of rotatable bonds is 2. The van der Waals surface area contributed by atoms with Crippen molar-refractivity contribution >= 4 is 17.4 Å². The Hall–Kier alpha value is -2.16. The molecule has 0 unspecified atom stereocenters. The van der Waals surface area contributed by atoms with Crippen molar-refractivity contribution in [1.82, 2.24) is 5.16 Å². The summed E-state index contributed by atoms with van der Waals surface area (Å²) in [4.78, 5) is 12.3. The highest BCUT2D eigenvalue weighted by atomic mass is 16.5. The van der Waals surface area contributed by atoms with E-state index in [0.29, 0.717) is 12.3 Å². The second-order valence-electron chi connectivity index (χ2n) is 5.97.